The van der Waals surface area contributed by atoms with E-state index in [0.29, 0.717) is 17.7 Å². The molecule has 14 heavy (non-hydrogen) atoms. The number of rotatable bonds is 3. The van der Waals surface area contributed by atoms with E-state index in [1.807, 2.05) is 6.07 Å². The van der Waals surface area contributed by atoms with Crippen LogP contribution in [0, 0.1) is 17.1 Å². The van der Waals surface area contributed by atoms with Crippen LogP contribution in [-0.2, 0) is 6.42 Å². The van der Waals surface area contributed by atoms with Gasteiger partial charge in [0.25, 0.3) is 0 Å². The van der Waals surface area contributed by atoms with Crippen molar-refractivity contribution >= 4 is 18.7 Å². The number of hydrogen-bond acceptors (Lipinski definition) is 2. The normalized spacial score (nSPS) is 10.4. The number of halogens is 1. The van der Waals surface area contributed by atoms with Crippen LogP contribution in [0.5, 0.6) is 0 Å². The minimum absolute atomic E-state index is 0.273. The summed E-state index contributed by atoms with van der Waals surface area (Å²) in [5.74, 6) is 0.298. The lowest BCUT2D eigenvalue weighted by Gasteiger charge is -1.99. The summed E-state index contributed by atoms with van der Waals surface area (Å²) >= 11 is 3.99. The van der Waals surface area contributed by atoms with Crippen LogP contribution in [0.3, 0.4) is 0 Å². The molecule has 1 nitrogen and oxygen atoms in total. The maximum Gasteiger partial charge on any atom is 0.130 e. The monoisotopic (exact) mass is 207 g/mol. The summed E-state index contributed by atoms with van der Waals surface area (Å²) in [6.45, 7) is 0. The fourth-order valence-electron chi connectivity index (χ4n) is 1.10. The first kappa shape index (κ1) is 10.8. The van der Waals surface area contributed by atoms with Crippen molar-refractivity contribution in [3.63, 3.8) is 0 Å². The first-order chi connectivity index (χ1) is 6.77. The van der Waals surface area contributed by atoms with E-state index in [1.165, 1.54) is 6.07 Å². The molecule has 0 heterocycles. The molecule has 0 atom stereocenters. The highest BCUT2D eigenvalue weighted by Gasteiger charge is 1.99. The van der Waals surface area contributed by atoms with Crippen molar-refractivity contribution in [2.24, 2.45) is 0 Å². The van der Waals surface area contributed by atoms with Gasteiger partial charge in [0.2, 0.25) is 0 Å². The molecule has 0 aliphatic rings. The summed E-state index contributed by atoms with van der Waals surface area (Å²) in [6, 6.07) is 6.71. The third-order valence-electron chi connectivity index (χ3n) is 1.75. The van der Waals surface area contributed by atoms with E-state index >= 15 is 0 Å². The molecule has 0 aliphatic heterocycles. The number of nitrogens with zero attached hydrogens (tertiary/aromatic N) is 1. The maximum atomic E-state index is 13.2. The van der Waals surface area contributed by atoms with Gasteiger partial charge < -0.3 is 0 Å². The van der Waals surface area contributed by atoms with Crippen LogP contribution in [0.2, 0.25) is 0 Å². The smallest absolute Gasteiger partial charge is 0.130 e. The predicted octanol–water partition coefficient (Wildman–Crippen LogP) is 2.83. The van der Waals surface area contributed by atoms with Crippen LogP contribution >= 0.6 is 12.6 Å². The highest BCUT2D eigenvalue weighted by molar-refractivity contribution is 7.80. The third-order valence-corrected chi connectivity index (χ3v) is 1.96. The number of benzene rings is 1. The first-order valence-corrected chi connectivity index (χ1v) is 4.84. The van der Waals surface area contributed by atoms with Crippen LogP contribution in [0.1, 0.15) is 11.1 Å². The molecule has 0 aromatic heterocycles. The molecule has 0 bridgehead atoms. The minimum Gasteiger partial charge on any atom is -0.206 e. The molecule has 1 rings (SSSR count). The summed E-state index contributed by atoms with van der Waals surface area (Å²) < 4.78 is 13.2. The highest BCUT2D eigenvalue weighted by atomic mass is 32.1. The van der Waals surface area contributed by atoms with Gasteiger partial charge >= 0.3 is 0 Å². The SMILES string of the molecule is N#CCc1ccc(F)c(C=CCS)c1. The molecule has 1 aromatic rings. The van der Waals surface area contributed by atoms with Crippen LogP contribution in [-0.4, -0.2) is 5.75 Å². The van der Waals surface area contributed by atoms with Gasteiger partial charge in [0.05, 0.1) is 12.5 Å². The second kappa shape index (κ2) is 5.46. The Balaban J connectivity index is 2.97. The van der Waals surface area contributed by atoms with Gasteiger partial charge in [0.15, 0.2) is 0 Å². The number of hydrogen-bond donors (Lipinski definition) is 1. The average Bonchev–Trinajstić information content (AvgIpc) is 2.19. The lowest BCUT2D eigenvalue weighted by atomic mass is 10.1. The van der Waals surface area contributed by atoms with E-state index in [2.05, 4.69) is 12.6 Å². The van der Waals surface area contributed by atoms with Crippen molar-refractivity contribution in [3.8, 4) is 6.07 Å². The van der Waals surface area contributed by atoms with Crippen molar-refractivity contribution in [3.05, 3.63) is 41.2 Å². The van der Waals surface area contributed by atoms with Crippen molar-refractivity contribution in [2.75, 3.05) is 5.75 Å². The molecule has 0 unspecified atom stereocenters. The van der Waals surface area contributed by atoms with E-state index in [0.717, 1.165) is 5.56 Å². The molecule has 0 spiro atoms. The van der Waals surface area contributed by atoms with Crippen LogP contribution in [0.25, 0.3) is 6.08 Å². The zero-order valence-corrected chi connectivity index (χ0v) is 8.47. The Hall–Kier alpha value is -1.27. The van der Waals surface area contributed by atoms with Gasteiger partial charge in [-0.3, -0.25) is 0 Å². The molecule has 0 saturated heterocycles. The zero-order chi connectivity index (χ0) is 10.4. The van der Waals surface area contributed by atoms with Crippen molar-refractivity contribution in [1.29, 1.82) is 5.26 Å². The van der Waals surface area contributed by atoms with Gasteiger partial charge in [-0.25, -0.2) is 4.39 Å². The Morgan fingerprint density at radius 1 is 1.50 bits per heavy atom. The lowest BCUT2D eigenvalue weighted by molar-refractivity contribution is 0.624. The predicted molar refractivity (Wildman–Crippen MR) is 58.6 cm³/mol. The second-order valence-corrected chi connectivity index (χ2v) is 3.14. The fraction of sp³-hybridized carbons (Fsp3) is 0.182. The summed E-state index contributed by atoms with van der Waals surface area (Å²) in [4.78, 5) is 0. The molecular formula is C11H10FNS. The minimum atomic E-state index is -0.273. The van der Waals surface area contributed by atoms with Crippen LogP contribution in [0.4, 0.5) is 4.39 Å². The summed E-state index contributed by atoms with van der Waals surface area (Å²) in [6.07, 6.45) is 3.74. The quantitative estimate of drug-likeness (QED) is 0.757. The summed E-state index contributed by atoms with van der Waals surface area (Å²) in [5.41, 5.74) is 1.33. The van der Waals surface area contributed by atoms with E-state index in [9.17, 15) is 4.39 Å². The van der Waals surface area contributed by atoms with E-state index in [1.54, 1.807) is 24.3 Å². The van der Waals surface area contributed by atoms with Gasteiger partial charge in [-0.15, -0.1) is 0 Å². The maximum absolute atomic E-state index is 13.2. The number of nitriles is 1. The molecule has 0 saturated carbocycles. The Morgan fingerprint density at radius 2 is 2.29 bits per heavy atom. The van der Waals surface area contributed by atoms with Gasteiger partial charge in [-0.2, -0.15) is 17.9 Å². The Bertz CT molecular complexity index is 379. The van der Waals surface area contributed by atoms with Crippen molar-refractivity contribution < 1.29 is 4.39 Å². The Morgan fingerprint density at radius 3 is 2.93 bits per heavy atom. The van der Waals surface area contributed by atoms with Crippen molar-refractivity contribution in [1.82, 2.24) is 0 Å². The summed E-state index contributed by atoms with van der Waals surface area (Å²) in [5, 5.41) is 8.48. The molecular weight excluding hydrogens is 197 g/mol. The molecule has 0 aliphatic carbocycles. The van der Waals surface area contributed by atoms with Gasteiger partial charge in [-0.1, -0.05) is 18.2 Å². The van der Waals surface area contributed by atoms with Gasteiger partial charge in [-0.05, 0) is 17.7 Å². The Kier molecular flexibility index (Phi) is 4.21. The molecule has 0 fully saturated rings. The number of thiol groups is 1. The van der Waals surface area contributed by atoms with Crippen LogP contribution < -0.4 is 0 Å². The van der Waals surface area contributed by atoms with E-state index in [4.69, 9.17) is 5.26 Å². The molecule has 0 radical (unpaired) electrons. The topological polar surface area (TPSA) is 23.8 Å². The van der Waals surface area contributed by atoms with Crippen molar-refractivity contribution in [2.45, 2.75) is 6.42 Å². The van der Waals surface area contributed by atoms with Gasteiger partial charge in [0.1, 0.15) is 5.82 Å². The summed E-state index contributed by atoms with van der Waals surface area (Å²) in [7, 11) is 0. The largest absolute Gasteiger partial charge is 0.206 e. The molecule has 0 N–H and O–H groups in total. The molecule has 3 heteroatoms. The van der Waals surface area contributed by atoms with Crippen LogP contribution in [0.15, 0.2) is 24.3 Å². The Labute approximate surface area is 88.3 Å². The van der Waals surface area contributed by atoms with Gasteiger partial charge in [0, 0.05) is 11.3 Å². The van der Waals surface area contributed by atoms with E-state index < -0.39 is 0 Å². The lowest BCUT2D eigenvalue weighted by Crippen LogP contribution is -1.87. The average molecular weight is 207 g/mol. The standard InChI is InChI=1S/C11H10FNS/c12-11-4-3-9(5-6-13)8-10(11)2-1-7-14/h1-4,8,14H,5,7H2. The third kappa shape index (κ3) is 2.90. The van der Waals surface area contributed by atoms with E-state index in [-0.39, 0.29) is 5.82 Å². The fourth-order valence-corrected chi connectivity index (χ4v) is 1.21. The molecule has 1 aromatic carbocycles. The zero-order valence-electron chi connectivity index (χ0n) is 7.57. The highest BCUT2D eigenvalue weighted by Crippen LogP contribution is 2.12. The first-order valence-electron chi connectivity index (χ1n) is 4.20. The molecule has 72 valence electrons. The second-order valence-electron chi connectivity index (χ2n) is 2.78. The molecule has 0 amide bonds.